The highest BCUT2D eigenvalue weighted by atomic mass is 32.1. The lowest BCUT2D eigenvalue weighted by Crippen LogP contribution is -2.26. The number of anilines is 3. The maximum Gasteiger partial charge on any atom is 0.0726 e. The molecular formula is C47H29NS. The average Bonchev–Trinajstić information content (AvgIpc) is 3.80. The first-order chi connectivity index (χ1) is 24.3. The topological polar surface area (TPSA) is 3.24 Å². The Morgan fingerprint density at radius 2 is 0.959 bits per heavy atom. The molecule has 0 unspecified atom stereocenters. The van der Waals surface area contributed by atoms with Crippen molar-refractivity contribution in [1.29, 1.82) is 0 Å². The molecule has 2 aliphatic carbocycles. The van der Waals surface area contributed by atoms with Crippen LogP contribution in [0, 0.1) is 0 Å². The van der Waals surface area contributed by atoms with Gasteiger partial charge in [0.1, 0.15) is 0 Å². The Labute approximate surface area is 289 Å². The van der Waals surface area contributed by atoms with Crippen molar-refractivity contribution in [3.05, 3.63) is 198 Å². The van der Waals surface area contributed by atoms with Crippen LogP contribution in [-0.2, 0) is 5.41 Å². The van der Waals surface area contributed by atoms with Crippen molar-refractivity contribution in [2.45, 2.75) is 5.41 Å². The quantitative estimate of drug-likeness (QED) is 0.186. The fourth-order valence-electron chi connectivity index (χ4n) is 8.95. The summed E-state index contributed by atoms with van der Waals surface area (Å²) < 4.78 is 2.62. The second kappa shape index (κ2) is 10.0. The summed E-state index contributed by atoms with van der Waals surface area (Å²) >= 11 is 1.89. The molecule has 228 valence electrons. The van der Waals surface area contributed by atoms with Crippen LogP contribution in [0.1, 0.15) is 22.3 Å². The van der Waals surface area contributed by atoms with Gasteiger partial charge in [0.25, 0.3) is 0 Å². The highest BCUT2D eigenvalue weighted by Gasteiger charge is 2.51. The molecule has 1 aromatic heterocycles. The van der Waals surface area contributed by atoms with E-state index >= 15 is 0 Å². The highest BCUT2D eigenvalue weighted by molar-refractivity contribution is 7.26. The number of fused-ring (bicyclic) bond motifs is 15. The van der Waals surface area contributed by atoms with E-state index in [1.54, 1.807) is 0 Å². The minimum absolute atomic E-state index is 0.395. The Hall–Kier alpha value is -5.96. The monoisotopic (exact) mass is 639 g/mol. The van der Waals surface area contributed by atoms with Gasteiger partial charge >= 0.3 is 0 Å². The molecule has 0 aliphatic heterocycles. The van der Waals surface area contributed by atoms with Gasteiger partial charge in [0.2, 0.25) is 0 Å². The minimum Gasteiger partial charge on any atom is -0.309 e. The summed E-state index contributed by atoms with van der Waals surface area (Å²) in [6, 6.07) is 65.4. The Kier molecular flexibility index (Phi) is 5.53. The van der Waals surface area contributed by atoms with Crippen molar-refractivity contribution in [2.75, 3.05) is 4.90 Å². The van der Waals surface area contributed by atoms with E-state index in [4.69, 9.17) is 0 Å². The van der Waals surface area contributed by atoms with E-state index in [0.717, 1.165) is 11.4 Å². The van der Waals surface area contributed by atoms with Gasteiger partial charge in [-0.1, -0.05) is 140 Å². The summed E-state index contributed by atoms with van der Waals surface area (Å²) in [5, 5.41) is 5.20. The lowest BCUT2D eigenvalue weighted by atomic mass is 9.70. The standard InChI is InChI=1S/C47H29NS/c1-2-15-31(16-3-1)48(43-28-30-14-4-5-17-33(30)45-38-21-9-13-25-44(38)49-46(43)45)32-26-27-37-36-20-8-12-24-41(36)47(42(37)29-32)39-22-10-6-18-34(39)35-19-7-11-23-40(35)47/h1-29H. The number of hydrogen-bond acceptors (Lipinski definition) is 2. The van der Waals surface area contributed by atoms with Crippen molar-refractivity contribution in [1.82, 2.24) is 0 Å². The van der Waals surface area contributed by atoms with Crippen LogP contribution in [0.15, 0.2) is 176 Å². The van der Waals surface area contributed by atoms with E-state index in [2.05, 4.69) is 181 Å². The molecule has 2 heteroatoms. The molecule has 8 aromatic carbocycles. The zero-order chi connectivity index (χ0) is 32.1. The molecule has 2 aliphatic rings. The predicted octanol–water partition coefficient (Wildman–Crippen LogP) is 13.0. The zero-order valence-corrected chi connectivity index (χ0v) is 27.4. The molecule has 49 heavy (non-hydrogen) atoms. The minimum atomic E-state index is -0.395. The second-order valence-electron chi connectivity index (χ2n) is 13.2. The van der Waals surface area contributed by atoms with Crippen molar-refractivity contribution in [2.24, 2.45) is 0 Å². The maximum absolute atomic E-state index is 2.50. The molecular weight excluding hydrogens is 611 g/mol. The van der Waals surface area contributed by atoms with Gasteiger partial charge in [-0.3, -0.25) is 0 Å². The normalized spacial score (nSPS) is 13.5. The third kappa shape index (κ3) is 3.54. The fourth-order valence-corrected chi connectivity index (χ4v) is 10.2. The molecule has 0 amide bonds. The third-order valence-electron chi connectivity index (χ3n) is 10.8. The van der Waals surface area contributed by atoms with Gasteiger partial charge in [-0.25, -0.2) is 0 Å². The average molecular weight is 640 g/mol. The molecule has 9 aromatic rings. The highest BCUT2D eigenvalue weighted by Crippen LogP contribution is 2.63. The van der Waals surface area contributed by atoms with Gasteiger partial charge in [0, 0.05) is 26.8 Å². The van der Waals surface area contributed by atoms with E-state index in [-0.39, 0.29) is 0 Å². The van der Waals surface area contributed by atoms with E-state index in [1.165, 1.54) is 81.1 Å². The summed E-state index contributed by atoms with van der Waals surface area (Å²) in [7, 11) is 0. The molecule has 0 atom stereocenters. The van der Waals surface area contributed by atoms with Crippen molar-refractivity contribution < 1.29 is 0 Å². The van der Waals surface area contributed by atoms with Gasteiger partial charge in [0.05, 0.1) is 15.8 Å². The van der Waals surface area contributed by atoms with Crippen molar-refractivity contribution in [3.8, 4) is 22.3 Å². The number of hydrogen-bond donors (Lipinski definition) is 0. The van der Waals surface area contributed by atoms with E-state index < -0.39 is 5.41 Å². The molecule has 0 bridgehead atoms. The maximum atomic E-state index is 2.50. The van der Waals surface area contributed by atoms with Crippen LogP contribution < -0.4 is 4.90 Å². The molecule has 1 heterocycles. The van der Waals surface area contributed by atoms with Crippen LogP contribution in [-0.4, -0.2) is 0 Å². The fraction of sp³-hybridized carbons (Fsp3) is 0.0213. The molecule has 0 saturated carbocycles. The number of rotatable bonds is 3. The van der Waals surface area contributed by atoms with Gasteiger partial charge in [-0.15, -0.1) is 11.3 Å². The molecule has 0 N–H and O–H groups in total. The summed E-state index contributed by atoms with van der Waals surface area (Å²) in [4.78, 5) is 2.49. The summed E-state index contributed by atoms with van der Waals surface area (Å²) in [5.41, 5.74) is 13.8. The lowest BCUT2D eigenvalue weighted by Gasteiger charge is -2.32. The van der Waals surface area contributed by atoms with Gasteiger partial charge in [-0.2, -0.15) is 0 Å². The van der Waals surface area contributed by atoms with Crippen LogP contribution >= 0.6 is 11.3 Å². The first kappa shape index (κ1) is 27.0. The Morgan fingerprint density at radius 1 is 0.408 bits per heavy atom. The largest absolute Gasteiger partial charge is 0.309 e. The summed E-state index contributed by atoms with van der Waals surface area (Å²) in [6.45, 7) is 0. The first-order valence-electron chi connectivity index (χ1n) is 16.9. The SMILES string of the molecule is c1ccc(N(c2ccc3c(c2)C2(c4ccccc4-c4ccccc42)c2ccccc2-3)c2cc3ccccc3c3c2sc2ccccc23)cc1. The molecule has 1 nitrogen and oxygen atoms in total. The van der Waals surface area contributed by atoms with Crippen LogP contribution in [0.4, 0.5) is 17.1 Å². The van der Waals surface area contributed by atoms with Crippen LogP contribution in [0.2, 0.25) is 0 Å². The first-order valence-corrected chi connectivity index (χ1v) is 17.8. The predicted molar refractivity (Wildman–Crippen MR) is 208 cm³/mol. The molecule has 11 rings (SSSR count). The van der Waals surface area contributed by atoms with E-state index in [1.807, 2.05) is 11.3 Å². The van der Waals surface area contributed by atoms with Crippen LogP contribution in [0.5, 0.6) is 0 Å². The Bertz CT molecular complexity index is 2730. The number of benzene rings is 8. The molecule has 0 radical (unpaired) electrons. The number of thiophene rings is 1. The van der Waals surface area contributed by atoms with Crippen LogP contribution in [0.3, 0.4) is 0 Å². The zero-order valence-electron chi connectivity index (χ0n) is 26.6. The van der Waals surface area contributed by atoms with E-state index in [9.17, 15) is 0 Å². The number of para-hydroxylation sites is 1. The Morgan fingerprint density at radius 3 is 1.65 bits per heavy atom. The van der Waals surface area contributed by atoms with Gasteiger partial charge < -0.3 is 4.90 Å². The van der Waals surface area contributed by atoms with Crippen molar-refractivity contribution >= 4 is 59.3 Å². The molecule has 0 fully saturated rings. The number of nitrogens with zero attached hydrogens (tertiary/aromatic N) is 1. The van der Waals surface area contributed by atoms with E-state index in [0.29, 0.717) is 0 Å². The lowest BCUT2D eigenvalue weighted by molar-refractivity contribution is 0.793. The smallest absolute Gasteiger partial charge is 0.0726 e. The van der Waals surface area contributed by atoms with Gasteiger partial charge in [-0.05, 0) is 91.7 Å². The second-order valence-corrected chi connectivity index (χ2v) is 14.3. The molecule has 0 saturated heterocycles. The summed E-state index contributed by atoms with van der Waals surface area (Å²) in [5.74, 6) is 0. The van der Waals surface area contributed by atoms with Gasteiger partial charge in [0.15, 0.2) is 0 Å². The van der Waals surface area contributed by atoms with Crippen molar-refractivity contribution in [3.63, 3.8) is 0 Å². The van der Waals surface area contributed by atoms with Crippen LogP contribution in [0.25, 0.3) is 53.2 Å². The third-order valence-corrected chi connectivity index (χ3v) is 12.0. The molecule has 1 spiro atoms. The summed E-state index contributed by atoms with van der Waals surface area (Å²) in [6.07, 6.45) is 0. The Balaban J connectivity index is 1.25.